The summed E-state index contributed by atoms with van der Waals surface area (Å²) in [6, 6.07) is 0. The number of hydrogen-bond acceptors (Lipinski definition) is 3. The third-order valence-corrected chi connectivity index (χ3v) is 3.46. The number of hydrogen-bond donors (Lipinski definition) is 1. The molecule has 5 heteroatoms. The van der Waals surface area contributed by atoms with Crippen LogP contribution in [0, 0.1) is 5.92 Å². The van der Waals surface area contributed by atoms with Crippen LogP contribution in [-0.2, 0) is 6.54 Å². The monoisotopic (exact) mass is 241 g/mol. The highest BCUT2D eigenvalue weighted by Gasteiger charge is 2.17. The lowest BCUT2D eigenvalue weighted by molar-refractivity contribution is 0.333. The van der Waals surface area contributed by atoms with Gasteiger partial charge in [-0.15, -0.1) is 0 Å². The molecule has 1 aliphatic carbocycles. The maximum absolute atomic E-state index is 11.7. The SMILES string of the molecule is CCn1ncc(NCC2CCC2)c(Cl)c1=O. The van der Waals surface area contributed by atoms with Gasteiger partial charge in [-0.2, -0.15) is 5.10 Å². The summed E-state index contributed by atoms with van der Waals surface area (Å²) in [5, 5.41) is 7.48. The number of aromatic nitrogens is 2. The Morgan fingerprint density at radius 2 is 2.38 bits per heavy atom. The molecule has 1 aromatic rings. The minimum Gasteiger partial charge on any atom is -0.382 e. The Labute approximate surface area is 99.6 Å². The molecule has 0 saturated heterocycles. The highest BCUT2D eigenvalue weighted by atomic mass is 35.5. The van der Waals surface area contributed by atoms with Crippen molar-refractivity contribution in [2.24, 2.45) is 5.92 Å². The van der Waals surface area contributed by atoms with Gasteiger partial charge in [0.25, 0.3) is 5.56 Å². The van der Waals surface area contributed by atoms with Crippen molar-refractivity contribution in [3.63, 3.8) is 0 Å². The molecule has 16 heavy (non-hydrogen) atoms. The fourth-order valence-electron chi connectivity index (χ4n) is 1.76. The van der Waals surface area contributed by atoms with E-state index in [1.54, 1.807) is 6.20 Å². The van der Waals surface area contributed by atoms with E-state index in [1.165, 1.54) is 23.9 Å². The zero-order chi connectivity index (χ0) is 11.5. The Hall–Kier alpha value is -1.03. The first-order valence-corrected chi connectivity index (χ1v) is 6.09. The van der Waals surface area contributed by atoms with E-state index in [1.807, 2.05) is 6.92 Å². The number of aryl methyl sites for hydroxylation is 1. The van der Waals surface area contributed by atoms with Crippen molar-refractivity contribution in [3.8, 4) is 0 Å². The largest absolute Gasteiger partial charge is 0.382 e. The number of anilines is 1. The Morgan fingerprint density at radius 3 is 2.94 bits per heavy atom. The van der Waals surface area contributed by atoms with Gasteiger partial charge in [-0.3, -0.25) is 4.79 Å². The van der Waals surface area contributed by atoms with Gasteiger partial charge in [0.2, 0.25) is 0 Å². The van der Waals surface area contributed by atoms with Crippen molar-refractivity contribution in [3.05, 3.63) is 21.6 Å². The van der Waals surface area contributed by atoms with Crippen molar-refractivity contribution in [1.29, 1.82) is 0 Å². The molecule has 0 amide bonds. The molecule has 0 aliphatic heterocycles. The standard InChI is InChI=1S/C11H16ClN3O/c1-2-15-11(16)10(12)9(7-14-15)13-6-8-4-3-5-8/h7-8,13H,2-6H2,1H3. The molecule has 1 fully saturated rings. The first kappa shape index (κ1) is 11.5. The average Bonchev–Trinajstić information content (AvgIpc) is 2.22. The first-order valence-electron chi connectivity index (χ1n) is 5.72. The van der Waals surface area contributed by atoms with E-state index in [2.05, 4.69) is 10.4 Å². The van der Waals surface area contributed by atoms with Crippen molar-refractivity contribution in [2.75, 3.05) is 11.9 Å². The van der Waals surface area contributed by atoms with Crippen molar-refractivity contribution >= 4 is 17.3 Å². The molecule has 2 rings (SSSR count). The molecule has 88 valence electrons. The quantitative estimate of drug-likeness (QED) is 0.879. The average molecular weight is 242 g/mol. The van der Waals surface area contributed by atoms with Crippen LogP contribution in [-0.4, -0.2) is 16.3 Å². The smallest absolute Gasteiger partial charge is 0.287 e. The third-order valence-electron chi connectivity index (χ3n) is 3.09. The molecule has 0 atom stereocenters. The number of halogens is 1. The predicted molar refractivity (Wildman–Crippen MR) is 65.0 cm³/mol. The van der Waals surface area contributed by atoms with E-state index >= 15 is 0 Å². The molecule has 1 aromatic heterocycles. The van der Waals surface area contributed by atoms with Gasteiger partial charge in [0.05, 0.1) is 11.9 Å². The van der Waals surface area contributed by atoms with Crippen LogP contribution in [0.3, 0.4) is 0 Å². The van der Waals surface area contributed by atoms with E-state index in [9.17, 15) is 4.79 Å². The molecule has 1 N–H and O–H groups in total. The van der Waals surface area contributed by atoms with E-state index in [0.717, 1.165) is 12.5 Å². The van der Waals surface area contributed by atoms with Gasteiger partial charge in [-0.05, 0) is 25.7 Å². The summed E-state index contributed by atoms with van der Waals surface area (Å²) < 4.78 is 1.36. The predicted octanol–water partition coefficient (Wildman–Crippen LogP) is 2.13. The molecule has 0 aromatic carbocycles. The minimum absolute atomic E-state index is 0.220. The van der Waals surface area contributed by atoms with Crippen molar-refractivity contribution < 1.29 is 0 Å². The van der Waals surface area contributed by atoms with E-state index < -0.39 is 0 Å². The lowest BCUT2D eigenvalue weighted by atomic mass is 9.85. The minimum atomic E-state index is -0.220. The normalized spacial score (nSPS) is 15.9. The third kappa shape index (κ3) is 2.21. The van der Waals surface area contributed by atoms with Gasteiger partial charge >= 0.3 is 0 Å². The van der Waals surface area contributed by atoms with Gasteiger partial charge in [0.15, 0.2) is 0 Å². The second kappa shape index (κ2) is 4.87. The summed E-state index contributed by atoms with van der Waals surface area (Å²) >= 11 is 5.99. The lowest BCUT2D eigenvalue weighted by Gasteiger charge is -2.25. The molecule has 0 radical (unpaired) electrons. The summed E-state index contributed by atoms with van der Waals surface area (Å²) in [6.45, 7) is 3.30. The zero-order valence-electron chi connectivity index (χ0n) is 9.37. The lowest BCUT2D eigenvalue weighted by Crippen LogP contribution is -2.25. The number of nitrogens with zero attached hydrogens (tertiary/aromatic N) is 2. The summed E-state index contributed by atoms with van der Waals surface area (Å²) in [5.74, 6) is 0.727. The maximum Gasteiger partial charge on any atom is 0.287 e. The van der Waals surface area contributed by atoms with Gasteiger partial charge in [0, 0.05) is 13.1 Å². The molecular formula is C11H16ClN3O. The Morgan fingerprint density at radius 1 is 1.62 bits per heavy atom. The van der Waals surface area contributed by atoms with Crippen LogP contribution in [0.5, 0.6) is 0 Å². The highest BCUT2D eigenvalue weighted by molar-refractivity contribution is 6.32. The summed E-state index contributed by atoms with van der Waals surface area (Å²) in [6.07, 6.45) is 5.48. The Kier molecular flexibility index (Phi) is 3.49. The first-order chi connectivity index (χ1) is 7.72. The molecule has 4 nitrogen and oxygen atoms in total. The molecule has 0 spiro atoms. The van der Waals surface area contributed by atoms with Crippen LogP contribution in [0.4, 0.5) is 5.69 Å². The topological polar surface area (TPSA) is 46.9 Å². The van der Waals surface area contributed by atoms with Gasteiger partial charge in [0.1, 0.15) is 5.02 Å². The van der Waals surface area contributed by atoms with Gasteiger partial charge in [-0.25, -0.2) is 4.68 Å². The maximum atomic E-state index is 11.7. The summed E-state index contributed by atoms with van der Waals surface area (Å²) in [7, 11) is 0. The second-order valence-electron chi connectivity index (χ2n) is 4.17. The summed E-state index contributed by atoms with van der Waals surface area (Å²) in [4.78, 5) is 11.7. The van der Waals surface area contributed by atoms with Crippen LogP contribution in [0.15, 0.2) is 11.0 Å². The number of nitrogens with one attached hydrogen (secondary N) is 1. The molecule has 0 unspecified atom stereocenters. The fraction of sp³-hybridized carbons (Fsp3) is 0.636. The molecule has 1 saturated carbocycles. The van der Waals surface area contributed by atoms with E-state index in [-0.39, 0.29) is 10.6 Å². The van der Waals surface area contributed by atoms with Crippen molar-refractivity contribution in [1.82, 2.24) is 9.78 Å². The van der Waals surface area contributed by atoms with Crippen LogP contribution < -0.4 is 10.9 Å². The number of rotatable bonds is 4. The van der Waals surface area contributed by atoms with Crippen LogP contribution in [0.2, 0.25) is 5.02 Å². The fourth-order valence-corrected chi connectivity index (χ4v) is 1.98. The summed E-state index contributed by atoms with van der Waals surface area (Å²) in [5.41, 5.74) is 0.436. The molecular weight excluding hydrogens is 226 g/mol. The van der Waals surface area contributed by atoms with E-state index in [4.69, 9.17) is 11.6 Å². The molecule has 1 heterocycles. The zero-order valence-corrected chi connectivity index (χ0v) is 10.1. The van der Waals surface area contributed by atoms with Crippen LogP contribution in [0.25, 0.3) is 0 Å². The molecule has 1 aliphatic rings. The second-order valence-corrected chi connectivity index (χ2v) is 4.55. The van der Waals surface area contributed by atoms with Gasteiger partial charge < -0.3 is 5.32 Å². The van der Waals surface area contributed by atoms with Crippen LogP contribution in [0.1, 0.15) is 26.2 Å². The van der Waals surface area contributed by atoms with Gasteiger partial charge in [-0.1, -0.05) is 18.0 Å². The van der Waals surface area contributed by atoms with E-state index in [0.29, 0.717) is 12.2 Å². The van der Waals surface area contributed by atoms with Crippen molar-refractivity contribution in [2.45, 2.75) is 32.7 Å². The Balaban J connectivity index is 2.08. The Bertz CT molecular complexity index is 426. The van der Waals surface area contributed by atoms with Crippen LogP contribution >= 0.6 is 11.6 Å². The molecule has 0 bridgehead atoms. The highest BCUT2D eigenvalue weighted by Crippen LogP contribution is 2.27.